The lowest BCUT2D eigenvalue weighted by atomic mass is 9.87. The molecular weight excluding hydrogens is 310 g/mol. The van der Waals surface area contributed by atoms with Gasteiger partial charge in [-0.05, 0) is 61.6 Å². The fraction of sp³-hybridized carbons (Fsp3) is 0.318. The highest BCUT2D eigenvalue weighted by atomic mass is 16.2. The minimum atomic E-state index is -0.665. The third-order valence-electron chi connectivity index (χ3n) is 4.87. The van der Waals surface area contributed by atoms with Gasteiger partial charge in [-0.1, -0.05) is 30.7 Å². The topological polar surface area (TPSA) is 47.0 Å². The maximum atomic E-state index is 12.9. The summed E-state index contributed by atoms with van der Waals surface area (Å²) in [5.41, 5.74) is 6.48. The second-order valence-corrected chi connectivity index (χ2v) is 6.87. The number of ketones is 2. The number of hydrogen-bond donors (Lipinski definition) is 0. The van der Waals surface area contributed by atoms with Crippen molar-refractivity contribution in [1.29, 1.82) is 0 Å². The third-order valence-corrected chi connectivity index (χ3v) is 4.87. The number of Topliss-reactive ketones (excluding diaryl/α,β-unsaturated/α-hetero) is 2. The standard InChI is InChI=1S/C22H23NO2/c1-5-16-6-7-18(23-12-16)10-17-11-19(24)21(22(17)25)20-14(3)8-13(2)9-15(20)4/h6-10,12,21H,5,11H2,1-4H3/b17-10+. The van der Waals surface area contributed by atoms with Gasteiger partial charge in [0.15, 0.2) is 11.6 Å². The van der Waals surface area contributed by atoms with Gasteiger partial charge in [0.2, 0.25) is 0 Å². The van der Waals surface area contributed by atoms with E-state index in [0.717, 1.165) is 39.9 Å². The van der Waals surface area contributed by atoms with Crippen molar-refractivity contribution in [3.63, 3.8) is 0 Å². The third kappa shape index (κ3) is 3.32. The van der Waals surface area contributed by atoms with E-state index in [1.54, 1.807) is 6.08 Å². The number of aromatic nitrogens is 1. The molecule has 1 saturated carbocycles. The minimum absolute atomic E-state index is 0.0171. The molecule has 3 heteroatoms. The van der Waals surface area contributed by atoms with Crippen molar-refractivity contribution in [1.82, 2.24) is 4.98 Å². The van der Waals surface area contributed by atoms with Gasteiger partial charge in [-0.15, -0.1) is 0 Å². The molecule has 0 aliphatic heterocycles. The first-order valence-corrected chi connectivity index (χ1v) is 8.71. The van der Waals surface area contributed by atoms with Crippen LogP contribution in [0, 0.1) is 20.8 Å². The second-order valence-electron chi connectivity index (χ2n) is 6.87. The second kappa shape index (κ2) is 6.75. The Balaban J connectivity index is 1.96. The van der Waals surface area contributed by atoms with Crippen molar-refractivity contribution in [3.8, 4) is 0 Å². The van der Waals surface area contributed by atoms with E-state index in [0.29, 0.717) is 5.57 Å². The molecule has 1 atom stereocenters. The maximum absolute atomic E-state index is 12.9. The Morgan fingerprint density at radius 2 is 1.80 bits per heavy atom. The van der Waals surface area contributed by atoms with E-state index in [1.807, 2.05) is 51.2 Å². The summed E-state index contributed by atoms with van der Waals surface area (Å²) in [6.45, 7) is 8.05. The van der Waals surface area contributed by atoms with Crippen molar-refractivity contribution in [2.24, 2.45) is 0 Å². The molecule has 3 nitrogen and oxygen atoms in total. The van der Waals surface area contributed by atoms with Gasteiger partial charge in [0.25, 0.3) is 0 Å². The number of benzene rings is 1. The van der Waals surface area contributed by atoms with Gasteiger partial charge < -0.3 is 0 Å². The first-order chi connectivity index (χ1) is 11.9. The van der Waals surface area contributed by atoms with Gasteiger partial charge in [0.05, 0.1) is 5.69 Å². The van der Waals surface area contributed by atoms with E-state index in [9.17, 15) is 9.59 Å². The van der Waals surface area contributed by atoms with Crippen LogP contribution in [0.15, 0.2) is 36.0 Å². The highest BCUT2D eigenvalue weighted by molar-refractivity contribution is 6.24. The normalized spacial score (nSPS) is 19.0. The average Bonchev–Trinajstić information content (AvgIpc) is 2.82. The molecule has 0 saturated heterocycles. The minimum Gasteiger partial charge on any atom is -0.298 e. The van der Waals surface area contributed by atoms with Crippen LogP contribution in [-0.2, 0) is 16.0 Å². The van der Waals surface area contributed by atoms with Crippen molar-refractivity contribution >= 4 is 17.6 Å². The van der Waals surface area contributed by atoms with Crippen molar-refractivity contribution in [3.05, 3.63) is 69.5 Å². The summed E-state index contributed by atoms with van der Waals surface area (Å²) in [7, 11) is 0. The zero-order valence-corrected chi connectivity index (χ0v) is 15.2. The van der Waals surface area contributed by atoms with Crippen LogP contribution in [0.5, 0.6) is 0 Å². The van der Waals surface area contributed by atoms with Crippen LogP contribution in [-0.4, -0.2) is 16.6 Å². The van der Waals surface area contributed by atoms with Gasteiger partial charge in [-0.3, -0.25) is 14.6 Å². The monoisotopic (exact) mass is 333 g/mol. The maximum Gasteiger partial charge on any atom is 0.174 e. The van der Waals surface area contributed by atoms with E-state index >= 15 is 0 Å². The van der Waals surface area contributed by atoms with E-state index in [4.69, 9.17) is 0 Å². The van der Waals surface area contributed by atoms with Crippen LogP contribution >= 0.6 is 0 Å². The Labute approximate surface area is 148 Å². The van der Waals surface area contributed by atoms with E-state index in [1.165, 1.54) is 0 Å². The summed E-state index contributed by atoms with van der Waals surface area (Å²) in [5.74, 6) is -0.764. The van der Waals surface area contributed by atoms with Gasteiger partial charge in [-0.25, -0.2) is 0 Å². The summed E-state index contributed by atoms with van der Waals surface area (Å²) >= 11 is 0. The van der Waals surface area contributed by atoms with Gasteiger partial charge in [0.1, 0.15) is 5.92 Å². The van der Waals surface area contributed by atoms with E-state index < -0.39 is 5.92 Å². The first-order valence-electron chi connectivity index (χ1n) is 8.71. The number of allylic oxidation sites excluding steroid dienone is 1. The molecule has 1 heterocycles. The number of rotatable bonds is 3. The molecule has 0 amide bonds. The zero-order valence-electron chi connectivity index (χ0n) is 15.2. The zero-order chi connectivity index (χ0) is 18.1. The SMILES string of the molecule is CCc1ccc(/C=C2\CC(=O)C(c3c(C)cc(C)cc3C)C2=O)nc1. The molecule has 128 valence electrons. The van der Waals surface area contributed by atoms with Crippen LogP contribution in [0.1, 0.15) is 52.8 Å². The highest BCUT2D eigenvalue weighted by Gasteiger charge is 2.39. The lowest BCUT2D eigenvalue weighted by molar-refractivity contribution is -0.123. The lowest BCUT2D eigenvalue weighted by Crippen LogP contribution is -2.15. The average molecular weight is 333 g/mol. The van der Waals surface area contributed by atoms with Crippen LogP contribution in [0.4, 0.5) is 0 Å². The number of carbonyl (C=O) groups excluding carboxylic acids is 2. The molecule has 0 bridgehead atoms. The number of aryl methyl sites for hydroxylation is 4. The molecule has 1 aromatic carbocycles. The van der Waals surface area contributed by atoms with Gasteiger partial charge in [-0.2, -0.15) is 0 Å². The van der Waals surface area contributed by atoms with Crippen molar-refractivity contribution in [2.75, 3.05) is 0 Å². The molecule has 0 radical (unpaired) electrons. The Hall–Kier alpha value is -2.55. The largest absolute Gasteiger partial charge is 0.298 e. The number of carbonyl (C=O) groups is 2. The number of hydrogen-bond acceptors (Lipinski definition) is 3. The predicted octanol–water partition coefficient (Wildman–Crippen LogP) is 4.28. The molecule has 3 rings (SSSR count). The summed E-state index contributed by atoms with van der Waals surface area (Å²) in [5, 5.41) is 0. The molecule has 2 aromatic rings. The molecule has 1 aliphatic carbocycles. The van der Waals surface area contributed by atoms with Crippen molar-refractivity contribution < 1.29 is 9.59 Å². The quantitative estimate of drug-likeness (QED) is 0.622. The van der Waals surface area contributed by atoms with Crippen LogP contribution < -0.4 is 0 Å². The molecule has 25 heavy (non-hydrogen) atoms. The summed E-state index contributed by atoms with van der Waals surface area (Å²) in [6.07, 6.45) is 4.70. The molecule has 1 aliphatic rings. The molecule has 1 fully saturated rings. The molecule has 1 unspecified atom stereocenters. The Morgan fingerprint density at radius 1 is 1.12 bits per heavy atom. The van der Waals surface area contributed by atoms with Crippen LogP contribution in [0.25, 0.3) is 6.08 Å². The van der Waals surface area contributed by atoms with Crippen LogP contribution in [0.2, 0.25) is 0 Å². The lowest BCUT2D eigenvalue weighted by Gasteiger charge is -2.15. The fourth-order valence-corrected chi connectivity index (χ4v) is 3.68. The molecule has 0 spiro atoms. The summed E-state index contributed by atoms with van der Waals surface area (Å²) in [6, 6.07) is 7.98. The van der Waals surface area contributed by atoms with Gasteiger partial charge in [0, 0.05) is 18.2 Å². The predicted molar refractivity (Wildman–Crippen MR) is 99.6 cm³/mol. The first kappa shape index (κ1) is 17.3. The van der Waals surface area contributed by atoms with E-state index in [-0.39, 0.29) is 18.0 Å². The van der Waals surface area contributed by atoms with Crippen molar-refractivity contribution in [2.45, 2.75) is 46.5 Å². The summed E-state index contributed by atoms with van der Waals surface area (Å²) in [4.78, 5) is 29.9. The smallest absolute Gasteiger partial charge is 0.174 e. The Kier molecular flexibility index (Phi) is 4.67. The highest BCUT2D eigenvalue weighted by Crippen LogP contribution is 2.36. The Morgan fingerprint density at radius 3 is 2.36 bits per heavy atom. The van der Waals surface area contributed by atoms with E-state index in [2.05, 4.69) is 11.9 Å². The molecule has 0 N–H and O–H groups in total. The Bertz CT molecular complexity index is 852. The number of pyridine rings is 1. The van der Waals surface area contributed by atoms with Gasteiger partial charge >= 0.3 is 0 Å². The molecule has 1 aromatic heterocycles. The summed E-state index contributed by atoms with van der Waals surface area (Å²) < 4.78 is 0. The van der Waals surface area contributed by atoms with Crippen LogP contribution in [0.3, 0.4) is 0 Å². The number of nitrogens with zero attached hydrogens (tertiary/aromatic N) is 1. The fourth-order valence-electron chi connectivity index (χ4n) is 3.68. The molecular formula is C22H23NO2.